The van der Waals surface area contributed by atoms with Crippen molar-refractivity contribution in [1.29, 1.82) is 0 Å². The number of benzene rings is 2. The largest absolute Gasteiger partial charge is 0.461 e. The van der Waals surface area contributed by atoms with Crippen LogP contribution in [-0.2, 0) is 0 Å². The number of hydrogen-bond donors (Lipinski definition) is 1. The number of nitrogens with zero attached hydrogens (tertiary/aromatic N) is 2. The Hall–Kier alpha value is -3.67. The maximum absolute atomic E-state index is 12.9. The molecule has 0 atom stereocenters. The fraction of sp³-hybridized carbons (Fsp3) is 0. The summed E-state index contributed by atoms with van der Waals surface area (Å²) in [5.74, 6) is 0.210. The van der Waals surface area contributed by atoms with Crippen LogP contribution >= 0.6 is 0 Å². The molecule has 6 heteroatoms. The topological polar surface area (TPSA) is 77.1 Å². The van der Waals surface area contributed by atoms with E-state index in [2.05, 4.69) is 10.4 Å². The smallest absolute Gasteiger partial charge is 0.280 e. The number of aromatic nitrogens is 2. The van der Waals surface area contributed by atoms with Crippen molar-refractivity contribution in [3.63, 3.8) is 0 Å². The van der Waals surface area contributed by atoms with Crippen LogP contribution in [0.3, 0.4) is 0 Å². The predicted octanol–water partition coefficient (Wildman–Crippen LogP) is 3.04. The molecule has 0 aliphatic heterocycles. The van der Waals surface area contributed by atoms with Crippen LogP contribution in [0.2, 0.25) is 0 Å². The average molecular weight is 331 g/mol. The molecule has 2 aromatic carbocycles. The number of carbonyl (C=O) groups is 1. The van der Waals surface area contributed by atoms with E-state index in [4.69, 9.17) is 4.42 Å². The molecule has 2 heterocycles. The second kappa shape index (κ2) is 6.09. The molecule has 0 aliphatic rings. The summed E-state index contributed by atoms with van der Waals surface area (Å²) in [4.78, 5) is 29.9. The third kappa shape index (κ3) is 2.70. The highest BCUT2D eigenvalue weighted by molar-refractivity contribution is 6.00. The zero-order valence-electron chi connectivity index (χ0n) is 13.0. The molecule has 2 aromatic heterocycles. The Labute approximate surface area is 142 Å². The minimum absolute atomic E-state index is 0.234. The summed E-state index contributed by atoms with van der Waals surface area (Å²) in [5, 5.41) is 0.408. The summed E-state index contributed by atoms with van der Waals surface area (Å²) in [7, 11) is 0. The van der Waals surface area contributed by atoms with E-state index in [-0.39, 0.29) is 11.4 Å². The Bertz CT molecular complexity index is 1100. The summed E-state index contributed by atoms with van der Waals surface area (Å²) >= 11 is 0. The van der Waals surface area contributed by atoms with E-state index in [0.29, 0.717) is 22.2 Å². The van der Waals surface area contributed by atoms with Crippen molar-refractivity contribution in [1.82, 2.24) is 9.66 Å². The molecule has 4 aromatic rings. The van der Waals surface area contributed by atoms with Gasteiger partial charge in [0.05, 0.1) is 17.2 Å². The van der Waals surface area contributed by atoms with Crippen LogP contribution in [0.5, 0.6) is 0 Å². The average Bonchev–Trinajstić information content (AvgIpc) is 3.19. The van der Waals surface area contributed by atoms with E-state index in [1.165, 1.54) is 6.26 Å². The van der Waals surface area contributed by atoms with Gasteiger partial charge in [-0.25, -0.2) is 4.98 Å². The maximum atomic E-state index is 12.9. The fourth-order valence-corrected chi connectivity index (χ4v) is 2.56. The van der Waals surface area contributed by atoms with Crippen molar-refractivity contribution >= 4 is 16.8 Å². The fourth-order valence-electron chi connectivity index (χ4n) is 2.56. The Morgan fingerprint density at radius 2 is 1.72 bits per heavy atom. The zero-order valence-corrected chi connectivity index (χ0v) is 13.0. The van der Waals surface area contributed by atoms with Crippen LogP contribution in [0, 0.1) is 0 Å². The Kier molecular flexibility index (Phi) is 3.63. The van der Waals surface area contributed by atoms with Crippen LogP contribution in [0.15, 0.2) is 82.2 Å². The molecular weight excluding hydrogens is 318 g/mol. The van der Waals surface area contributed by atoms with Gasteiger partial charge in [0.1, 0.15) is 0 Å². The van der Waals surface area contributed by atoms with E-state index in [1.54, 1.807) is 60.7 Å². The number of carbonyl (C=O) groups excluding carboxylic acids is 1. The summed E-state index contributed by atoms with van der Waals surface area (Å²) < 4.78 is 6.50. The third-order valence-corrected chi connectivity index (χ3v) is 3.77. The molecule has 6 nitrogen and oxygen atoms in total. The standard InChI is InChI=1S/C19H13N3O3/c23-18(13-7-2-1-3-8-13)21-22-17(16-11-6-12-25-16)20-15-10-5-4-9-14(15)19(22)24/h1-12H,(H,21,23). The maximum Gasteiger partial charge on any atom is 0.280 e. The number of nitrogens with one attached hydrogen (secondary N) is 1. The second-order valence-electron chi connectivity index (χ2n) is 5.38. The first-order chi connectivity index (χ1) is 12.2. The Morgan fingerprint density at radius 3 is 2.48 bits per heavy atom. The highest BCUT2D eigenvalue weighted by atomic mass is 16.3. The van der Waals surface area contributed by atoms with Crippen molar-refractivity contribution < 1.29 is 9.21 Å². The normalized spacial score (nSPS) is 10.7. The molecule has 0 saturated carbocycles. The minimum atomic E-state index is -0.410. The van der Waals surface area contributed by atoms with Gasteiger partial charge in [0.2, 0.25) is 0 Å². The summed E-state index contributed by atoms with van der Waals surface area (Å²) in [6, 6.07) is 19.0. The van der Waals surface area contributed by atoms with Crippen LogP contribution < -0.4 is 11.0 Å². The van der Waals surface area contributed by atoms with Gasteiger partial charge in [-0.2, -0.15) is 4.68 Å². The van der Waals surface area contributed by atoms with E-state index in [9.17, 15) is 9.59 Å². The Morgan fingerprint density at radius 1 is 0.960 bits per heavy atom. The first-order valence-corrected chi connectivity index (χ1v) is 7.66. The van der Waals surface area contributed by atoms with Crippen molar-refractivity contribution in [2.24, 2.45) is 0 Å². The summed E-state index contributed by atoms with van der Waals surface area (Å²) in [6.45, 7) is 0. The van der Waals surface area contributed by atoms with Gasteiger partial charge in [-0.15, -0.1) is 0 Å². The molecular formula is C19H13N3O3. The summed E-state index contributed by atoms with van der Waals surface area (Å²) in [6.07, 6.45) is 1.49. The lowest BCUT2D eigenvalue weighted by Crippen LogP contribution is -2.35. The van der Waals surface area contributed by atoms with Gasteiger partial charge < -0.3 is 4.42 Å². The third-order valence-electron chi connectivity index (χ3n) is 3.77. The number of furan rings is 1. The molecule has 0 bridgehead atoms. The number of para-hydroxylation sites is 1. The number of hydrogen-bond acceptors (Lipinski definition) is 4. The van der Waals surface area contributed by atoms with Gasteiger partial charge in [-0.05, 0) is 36.4 Å². The molecule has 0 unspecified atom stereocenters. The Balaban J connectivity index is 1.89. The lowest BCUT2D eigenvalue weighted by molar-refractivity contribution is 0.101. The SMILES string of the molecule is O=C(Nn1c(-c2ccco2)nc2ccccc2c1=O)c1ccccc1. The molecule has 122 valence electrons. The van der Waals surface area contributed by atoms with Gasteiger partial charge in [0.15, 0.2) is 11.6 Å². The number of amides is 1. The monoisotopic (exact) mass is 331 g/mol. The zero-order chi connectivity index (χ0) is 17.2. The van der Waals surface area contributed by atoms with Crippen LogP contribution in [0.1, 0.15) is 10.4 Å². The lowest BCUT2D eigenvalue weighted by Gasteiger charge is -2.13. The van der Waals surface area contributed by atoms with Crippen LogP contribution in [-0.4, -0.2) is 15.6 Å². The lowest BCUT2D eigenvalue weighted by atomic mass is 10.2. The molecule has 0 fully saturated rings. The molecule has 0 saturated heterocycles. The minimum Gasteiger partial charge on any atom is -0.461 e. The quantitative estimate of drug-likeness (QED) is 0.626. The van der Waals surface area contributed by atoms with Gasteiger partial charge >= 0.3 is 0 Å². The van der Waals surface area contributed by atoms with Crippen LogP contribution in [0.25, 0.3) is 22.5 Å². The van der Waals surface area contributed by atoms with Gasteiger partial charge in [0, 0.05) is 5.56 Å². The van der Waals surface area contributed by atoms with Crippen molar-refractivity contribution in [2.45, 2.75) is 0 Å². The van der Waals surface area contributed by atoms with Crippen LogP contribution in [0.4, 0.5) is 0 Å². The van der Waals surface area contributed by atoms with E-state index < -0.39 is 5.91 Å². The highest BCUT2D eigenvalue weighted by Crippen LogP contribution is 2.18. The van der Waals surface area contributed by atoms with E-state index >= 15 is 0 Å². The first kappa shape index (κ1) is 14.9. The molecule has 4 rings (SSSR count). The van der Waals surface area contributed by atoms with Crippen molar-refractivity contribution in [3.05, 3.63) is 88.9 Å². The molecule has 0 aliphatic carbocycles. The highest BCUT2D eigenvalue weighted by Gasteiger charge is 2.17. The van der Waals surface area contributed by atoms with Gasteiger partial charge in [0.25, 0.3) is 11.5 Å². The van der Waals surface area contributed by atoms with E-state index in [1.807, 2.05) is 6.07 Å². The van der Waals surface area contributed by atoms with Crippen molar-refractivity contribution in [3.8, 4) is 11.6 Å². The molecule has 25 heavy (non-hydrogen) atoms. The van der Waals surface area contributed by atoms with Crippen molar-refractivity contribution in [2.75, 3.05) is 5.43 Å². The molecule has 0 radical (unpaired) electrons. The predicted molar refractivity (Wildman–Crippen MR) is 93.8 cm³/mol. The van der Waals surface area contributed by atoms with Gasteiger partial charge in [-0.3, -0.25) is 15.0 Å². The molecule has 0 spiro atoms. The van der Waals surface area contributed by atoms with Gasteiger partial charge in [-0.1, -0.05) is 30.3 Å². The number of fused-ring (bicyclic) bond motifs is 1. The number of rotatable bonds is 3. The van der Waals surface area contributed by atoms with E-state index in [0.717, 1.165) is 4.68 Å². The molecule has 1 amide bonds. The second-order valence-corrected chi connectivity index (χ2v) is 5.38. The first-order valence-electron chi connectivity index (χ1n) is 7.66. The summed E-state index contributed by atoms with van der Waals surface area (Å²) in [5.41, 5.74) is 3.21. The molecule has 1 N–H and O–H groups in total.